The van der Waals surface area contributed by atoms with Crippen LogP contribution in [-0.4, -0.2) is 32.1 Å². The molecule has 0 aliphatic rings. The third kappa shape index (κ3) is 6.79. The molecule has 0 atom stereocenters. The van der Waals surface area contributed by atoms with Crippen LogP contribution in [0.3, 0.4) is 0 Å². The first-order valence-corrected chi connectivity index (χ1v) is 7.21. The number of nitrogens with one attached hydrogen (secondary N) is 1. The van der Waals surface area contributed by atoms with Crippen molar-refractivity contribution in [2.45, 2.75) is 32.6 Å². The molecule has 1 aromatic rings. The third-order valence-corrected chi connectivity index (χ3v) is 3.00. The molecule has 0 spiro atoms. The zero-order chi connectivity index (χ0) is 15.5. The second-order valence-electron chi connectivity index (χ2n) is 4.57. The van der Waals surface area contributed by atoms with Gasteiger partial charge in [-0.15, -0.1) is 0 Å². The van der Waals surface area contributed by atoms with E-state index in [2.05, 4.69) is 10.1 Å². The Kier molecular flexibility index (Phi) is 7.94. The van der Waals surface area contributed by atoms with Crippen molar-refractivity contribution >= 4 is 11.9 Å². The summed E-state index contributed by atoms with van der Waals surface area (Å²) in [7, 11) is 1.36. The Balaban J connectivity index is 2.28. The zero-order valence-corrected chi connectivity index (χ0v) is 12.7. The molecule has 0 unspecified atom stereocenters. The second kappa shape index (κ2) is 9.80. The van der Waals surface area contributed by atoms with Gasteiger partial charge in [0.2, 0.25) is 5.91 Å². The van der Waals surface area contributed by atoms with Gasteiger partial charge in [0.15, 0.2) is 0 Å². The van der Waals surface area contributed by atoms with Crippen LogP contribution in [0.2, 0.25) is 0 Å². The van der Waals surface area contributed by atoms with Crippen molar-refractivity contribution in [3.8, 4) is 5.75 Å². The lowest BCUT2D eigenvalue weighted by molar-refractivity contribution is -0.140. The molecule has 5 heteroatoms. The summed E-state index contributed by atoms with van der Waals surface area (Å²) in [6, 6.07) is 7.73. The molecule has 0 heterocycles. The third-order valence-electron chi connectivity index (χ3n) is 3.00. The van der Waals surface area contributed by atoms with Crippen molar-refractivity contribution in [3.63, 3.8) is 0 Å². The van der Waals surface area contributed by atoms with Crippen LogP contribution in [0.5, 0.6) is 5.75 Å². The smallest absolute Gasteiger partial charge is 0.305 e. The lowest BCUT2D eigenvalue weighted by atomic mass is 10.1. The number of carbonyl (C=O) groups is 2. The number of para-hydroxylation sites is 1. The van der Waals surface area contributed by atoms with Gasteiger partial charge in [-0.2, -0.15) is 0 Å². The van der Waals surface area contributed by atoms with Gasteiger partial charge >= 0.3 is 5.97 Å². The van der Waals surface area contributed by atoms with Gasteiger partial charge in [-0.3, -0.25) is 9.59 Å². The molecular weight excluding hydrogens is 270 g/mol. The van der Waals surface area contributed by atoms with Crippen LogP contribution in [0.25, 0.3) is 0 Å². The van der Waals surface area contributed by atoms with Crippen molar-refractivity contribution in [2.75, 3.05) is 20.3 Å². The fraction of sp³-hybridized carbons (Fsp3) is 0.500. The highest BCUT2D eigenvalue weighted by Crippen LogP contribution is 2.19. The topological polar surface area (TPSA) is 64.6 Å². The van der Waals surface area contributed by atoms with E-state index in [1.165, 1.54) is 7.11 Å². The van der Waals surface area contributed by atoms with E-state index >= 15 is 0 Å². The minimum absolute atomic E-state index is 0.0221. The van der Waals surface area contributed by atoms with E-state index in [1.807, 2.05) is 31.2 Å². The summed E-state index contributed by atoms with van der Waals surface area (Å²) in [5.74, 6) is 0.555. The monoisotopic (exact) mass is 293 g/mol. The fourth-order valence-electron chi connectivity index (χ4n) is 1.91. The van der Waals surface area contributed by atoms with Crippen molar-refractivity contribution in [3.05, 3.63) is 29.8 Å². The number of benzene rings is 1. The van der Waals surface area contributed by atoms with Crippen molar-refractivity contribution in [1.29, 1.82) is 0 Å². The van der Waals surface area contributed by atoms with Crippen LogP contribution in [0.1, 0.15) is 31.7 Å². The minimum atomic E-state index is -0.255. The van der Waals surface area contributed by atoms with Gasteiger partial charge in [-0.05, 0) is 31.4 Å². The largest absolute Gasteiger partial charge is 0.494 e. The van der Waals surface area contributed by atoms with Gasteiger partial charge in [0.25, 0.3) is 0 Å². The van der Waals surface area contributed by atoms with Crippen molar-refractivity contribution in [1.82, 2.24) is 5.32 Å². The number of carbonyl (C=O) groups excluding carboxylic acids is 2. The molecule has 0 saturated carbocycles. The number of methoxy groups -OCH3 is 1. The predicted molar refractivity (Wildman–Crippen MR) is 80.2 cm³/mol. The van der Waals surface area contributed by atoms with E-state index in [4.69, 9.17) is 4.74 Å². The Hall–Kier alpha value is -2.04. The van der Waals surface area contributed by atoms with E-state index < -0.39 is 0 Å². The molecule has 0 aliphatic carbocycles. The van der Waals surface area contributed by atoms with Crippen LogP contribution in [-0.2, 0) is 20.7 Å². The molecule has 1 N–H and O–H groups in total. The van der Waals surface area contributed by atoms with Gasteiger partial charge in [0.05, 0.1) is 13.7 Å². The molecule has 0 radical (unpaired) electrons. The predicted octanol–water partition coefficient (Wildman–Crippen LogP) is 2.09. The molecule has 5 nitrogen and oxygen atoms in total. The molecule has 0 fully saturated rings. The normalized spacial score (nSPS) is 10.0. The first kappa shape index (κ1) is 17.0. The highest BCUT2D eigenvalue weighted by Gasteiger charge is 2.07. The highest BCUT2D eigenvalue weighted by atomic mass is 16.5. The van der Waals surface area contributed by atoms with E-state index in [0.717, 1.165) is 11.3 Å². The Morgan fingerprint density at radius 2 is 1.95 bits per heavy atom. The fourth-order valence-corrected chi connectivity index (χ4v) is 1.91. The summed E-state index contributed by atoms with van der Waals surface area (Å²) in [5, 5.41) is 2.80. The maximum absolute atomic E-state index is 11.7. The standard InChI is InChI=1S/C16H23NO4/c1-3-21-14-8-5-4-7-13(14)10-11-15(18)17-12-6-9-16(19)20-2/h4-5,7-8H,3,6,9-12H2,1-2H3,(H,17,18). The van der Waals surface area contributed by atoms with Gasteiger partial charge < -0.3 is 14.8 Å². The van der Waals surface area contributed by atoms with E-state index in [0.29, 0.717) is 38.8 Å². The number of amides is 1. The summed E-state index contributed by atoms with van der Waals surface area (Å²) < 4.78 is 10.1. The highest BCUT2D eigenvalue weighted by molar-refractivity contribution is 5.76. The molecule has 0 aromatic heterocycles. The summed E-state index contributed by atoms with van der Waals surface area (Å²) in [4.78, 5) is 22.6. The molecule has 0 aliphatic heterocycles. The summed E-state index contributed by atoms with van der Waals surface area (Å²) >= 11 is 0. The van der Waals surface area contributed by atoms with Crippen LogP contribution in [0, 0.1) is 0 Å². The van der Waals surface area contributed by atoms with Crippen molar-refractivity contribution in [2.24, 2.45) is 0 Å². The number of hydrogen-bond acceptors (Lipinski definition) is 4. The number of hydrogen-bond donors (Lipinski definition) is 1. The van der Waals surface area contributed by atoms with E-state index in [9.17, 15) is 9.59 Å². The van der Waals surface area contributed by atoms with Gasteiger partial charge in [-0.1, -0.05) is 18.2 Å². The second-order valence-corrected chi connectivity index (χ2v) is 4.57. The lowest BCUT2D eigenvalue weighted by Crippen LogP contribution is -2.25. The molecule has 1 amide bonds. The summed E-state index contributed by atoms with van der Waals surface area (Å²) in [6.45, 7) is 3.03. The average molecular weight is 293 g/mol. The van der Waals surface area contributed by atoms with Crippen LogP contribution in [0.4, 0.5) is 0 Å². The maximum Gasteiger partial charge on any atom is 0.305 e. The quantitative estimate of drug-likeness (QED) is 0.559. The number of aryl methyl sites for hydroxylation is 1. The Bertz CT molecular complexity index is 459. The Morgan fingerprint density at radius 1 is 1.19 bits per heavy atom. The first-order valence-electron chi connectivity index (χ1n) is 7.21. The van der Waals surface area contributed by atoms with E-state index in [1.54, 1.807) is 0 Å². The number of rotatable bonds is 9. The van der Waals surface area contributed by atoms with Gasteiger partial charge in [0, 0.05) is 19.4 Å². The van der Waals surface area contributed by atoms with Crippen LogP contribution < -0.4 is 10.1 Å². The molecule has 0 saturated heterocycles. The molecular formula is C16H23NO4. The Morgan fingerprint density at radius 3 is 2.67 bits per heavy atom. The number of ether oxygens (including phenoxy) is 2. The number of esters is 1. The van der Waals surface area contributed by atoms with Gasteiger partial charge in [-0.25, -0.2) is 0 Å². The maximum atomic E-state index is 11.7. The van der Waals surface area contributed by atoms with E-state index in [-0.39, 0.29) is 11.9 Å². The van der Waals surface area contributed by atoms with Crippen LogP contribution in [0.15, 0.2) is 24.3 Å². The van der Waals surface area contributed by atoms with Gasteiger partial charge in [0.1, 0.15) is 5.75 Å². The zero-order valence-electron chi connectivity index (χ0n) is 12.7. The lowest BCUT2D eigenvalue weighted by Gasteiger charge is -2.10. The SMILES string of the molecule is CCOc1ccccc1CCC(=O)NCCCC(=O)OC. The average Bonchev–Trinajstić information content (AvgIpc) is 2.50. The summed E-state index contributed by atoms with van der Waals surface area (Å²) in [5.41, 5.74) is 1.03. The molecule has 21 heavy (non-hydrogen) atoms. The summed E-state index contributed by atoms with van der Waals surface area (Å²) in [6.07, 6.45) is 1.96. The Labute approximate surface area is 125 Å². The van der Waals surface area contributed by atoms with Crippen molar-refractivity contribution < 1.29 is 19.1 Å². The molecule has 116 valence electrons. The minimum Gasteiger partial charge on any atom is -0.494 e. The molecule has 1 aromatic carbocycles. The molecule has 1 rings (SSSR count). The first-order chi connectivity index (χ1) is 10.2. The molecule has 0 bridgehead atoms. The van der Waals surface area contributed by atoms with Crippen LogP contribution >= 0.6 is 0 Å².